The molecule has 14 heavy (non-hydrogen) atoms. The van der Waals surface area contributed by atoms with Crippen molar-refractivity contribution in [3.05, 3.63) is 0 Å². The van der Waals surface area contributed by atoms with Crippen LogP contribution in [0, 0.1) is 5.41 Å². The second-order valence-corrected chi connectivity index (χ2v) is 4.10. The highest BCUT2D eigenvalue weighted by Crippen LogP contribution is 2.19. The van der Waals surface area contributed by atoms with Gasteiger partial charge in [0.05, 0.1) is 12.6 Å². The minimum Gasteiger partial charge on any atom is -0.383 e. The van der Waals surface area contributed by atoms with Crippen molar-refractivity contribution >= 4 is 5.91 Å². The molecular weight excluding hydrogens is 180 g/mol. The number of amides is 1. The maximum atomic E-state index is 11.7. The van der Waals surface area contributed by atoms with Gasteiger partial charge in [0.1, 0.15) is 0 Å². The minimum atomic E-state index is -0.332. The SMILES string of the molecule is CCC(C)(C)C(=O)NC(CN)COC. The van der Waals surface area contributed by atoms with E-state index in [-0.39, 0.29) is 17.4 Å². The number of nitrogens with one attached hydrogen (secondary N) is 1. The predicted molar refractivity (Wildman–Crippen MR) is 56.9 cm³/mol. The van der Waals surface area contributed by atoms with E-state index in [0.29, 0.717) is 13.2 Å². The molecule has 0 aliphatic carbocycles. The summed E-state index contributed by atoms with van der Waals surface area (Å²) in [5.74, 6) is 0.0347. The zero-order chi connectivity index (χ0) is 11.2. The quantitative estimate of drug-likeness (QED) is 0.659. The number of carbonyl (C=O) groups is 1. The van der Waals surface area contributed by atoms with Crippen LogP contribution in [0.4, 0.5) is 0 Å². The Labute approximate surface area is 86.2 Å². The van der Waals surface area contributed by atoms with Gasteiger partial charge in [-0.15, -0.1) is 0 Å². The average molecular weight is 202 g/mol. The summed E-state index contributed by atoms with van der Waals surface area (Å²) in [4.78, 5) is 11.7. The van der Waals surface area contributed by atoms with Crippen molar-refractivity contribution in [1.82, 2.24) is 5.32 Å². The van der Waals surface area contributed by atoms with Crippen LogP contribution in [0.25, 0.3) is 0 Å². The Morgan fingerprint density at radius 1 is 1.57 bits per heavy atom. The lowest BCUT2D eigenvalue weighted by molar-refractivity contribution is -0.130. The molecule has 1 atom stereocenters. The lowest BCUT2D eigenvalue weighted by Gasteiger charge is -2.25. The van der Waals surface area contributed by atoms with Crippen LogP contribution in [0.5, 0.6) is 0 Å². The molecule has 84 valence electrons. The second kappa shape index (κ2) is 5.98. The van der Waals surface area contributed by atoms with Crippen molar-refractivity contribution in [1.29, 1.82) is 0 Å². The van der Waals surface area contributed by atoms with Gasteiger partial charge in [-0.2, -0.15) is 0 Å². The zero-order valence-electron chi connectivity index (χ0n) is 9.59. The lowest BCUT2D eigenvalue weighted by atomic mass is 9.89. The van der Waals surface area contributed by atoms with Gasteiger partial charge in [-0.05, 0) is 6.42 Å². The Morgan fingerprint density at radius 2 is 2.14 bits per heavy atom. The van der Waals surface area contributed by atoms with Crippen LogP contribution >= 0.6 is 0 Å². The average Bonchev–Trinajstić information content (AvgIpc) is 2.16. The number of methoxy groups -OCH3 is 1. The smallest absolute Gasteiger partial charge is 0.225 e. The molecule has 0 aromatic heterocycles. The molecule has 0 aromatic rings. The first-order chi connectivity index (χ1) is 6.47. The largest absolute Gasteiger partial charge is 0.383 e. The second-order valence-electron chi connectivity index (χ2n) is 4.10. The molecule has 0 bridgehead atoms. The van der Waals surface area contributed by atoms with Crippen LogP contribution in [0.3, 0.4) is 0 Å². The Bertz CT molecular complexity index is 181. The van der Waals surface area contributed by atoms with E-state index >= 15 is 0 Å². The maximum absolute atomic E-state index is 11.7. The van der Waals surface area contributed by atoms with E-state index in [1.54, 1.807) is 7.11 Å². The normalized spacial score (nSPS) is 13.8. The van der Waals surface area contributed by atoms with Crippen molar-refractivity contribution in [2.75, 3.05) is 20.3 Å². The van der Waals surface area contributed by atoms with Crippen molar-refractivity contribution < 1.29 is 9.53 Å². The monoisotopic (exact) mass is 202 g/mol. The van der Waals surface area contributed by atoms with Gasteiger partial charge in [0.15, 0.2) is 0 Å². The number of hydrogen-bond acceptors (Lipinski definition) is 3. The predicted octanol–water partition coefficient (Wildman–Crippen LogP) is 0.513. The topological polar surface area (TPSA) is 64.4 Å². The molecule has 0 aromatic carbocycles. The molecule has 0 rings (SSSR count). The van der Waals surface area contributed by atoms with Gasteiger partial charge in [-0.25, -0.2) is 0 Å². The summed E-state index contributed by atoms with van der Waals surface area (Å²) in [7, 11) is 1.60. The first-order valence-electron chi connectivity index (χ1n) is 4.98. The molecule has 0 radical (unpaired) electrons. The van der Waals surface area contributed by atoms with E-state index in [1.807, 2.05) is 20.8 Å². The van der Waals surface area contributed by atoms with E-state index < -0.39 is 0 Å². The molecule has 0 saturated carbocycles. The fraction of sp³-hybridized carbons (Fsp3) is 0.900. The first kappa shape index (κ1) is 13.4. The van der Waals surface area contributed by atoms with Crippen LogP contribution in [-0.4, -0.2) is 32.2 Å². The third-order valence-corrected chi connectivity index (χ3v) is 2.49. The Hall–Kier alpha value is -0.610. The van der Waals surface area contributed by atoms with Crippen molar-refractivity contribution in [3.8, 4) is 0 Å². The summed E-state index contributed by atoms with van der Waals surface area (Å²) in [5, 5.41) is 2.87. The molecule has 0 aliphatic rings. The summed E-state index contributed by atoms with van der Waals surface area (Å²) in [5.41, 5.74) is 5.16. The molecule has 0 saturated heterocycles. The summed E-state index contributed by atoms with van der Waals surface area (Å²) in [6.07, 6.45) is 0.809. The minimum absolute atomic E-state index is 0.0347. The van der Waals surface area contributed by atoms with Crippen molar-refractivity contribution in [2.45, 2.75) is 33.2 Å². The number of nitrogens with two attached hydrogens (primary N) is 1. The highest BCUT2D eigenvalue weighted by molar-refractivity contribution is 5.82. The number of ether oxygens (including phenoxy) is 1. The summed E-state index contributed by atoms with van der Waals surface area (Å²) >= 11 is 0. The van der Waals surface area contributed by atoms with E-state index in [0.717, 1.165) is 6.42 Å². The van der Waals surface area contributed by atoms with Crippen LogP contribution in [-0.2, 0) is 9.53 Å². The number of carbonyl (C=O) groups excluding carboxylic acids is 1. The molecule has 0 aliphatic heterocycles. The van der Waals surface area contributed by atoms with Crippen LogP contribution in [0.2, 0.25) is 0 Å². The first-order valence-corrected chi connectivity index (χ1v) is 4.98. The molecule has 0 fully saturated rings. The molecule has 1 amide bonds. The van der Waals surface area contributed by atoms with Crippen LogP contribution in [0.1, 0.15) is 27.2 Å². The van der Waals surface area contributed by atoms with Gasteiger partial charge in [0, 0.05) is 19.1 Å². The van der Waals surface area contributed by atoms with Gasteiger partial charge < -0.3 is 15.8 Å². The molecule has 3 N–H and O–H groups in total. The fourth-order valence-electron chi connectivity index (χ4n) is 0.911. The zero-order valence-corrected chi connectivity index (χ0v) is 9.59. The summed E-state index contributed by atoms with van der Waals surface area (Å²) in [6.45, 7) is 6.69. The molecule has 0 heterocycles. The molecule has 0 spiro atoms. The lowest BCUT2D eigenvalue weighted by Crippen LogP contribution is -2.48. The molecular formula is C10H22N2O2. The Morgan fingerprint density at radius 3 is 2.50 bits per heavy atom. The van der Waals surface area contributed by atoms with Crippen molar-refractivity contribution in [2.24, 2.45) is 11.1 Å². The highest BCUT2D eigenvalue weighted by Gasteiger charge is 2.26. The van der Waals surface area contributed by atoms with Gasteiger partial charge in [0.25, 0.3) is 0 Å². The van der Waals surface area contributed by atoms with Gasteiger partial charge >= 0.3 is 0 Å². The molecule has 1 unspecified atom stereocenters. The standard InChI is InChI=1S/C10H22N2O2/c1-5-10(2,3)9(13)12-8(6-11)7-14-4/h8H,5-7,11H2,1-4H3,(H,12,13). The van der Waals surface area contributed by atoms with Crippen LogP contribution in [0.15, 0.2) is 0 Å². The Kier molecular flexibility index (Phi) is 5.72. The number of rotatable bonds is 6. The number of hydrogen-bond donors (Lipinski definition) is 2. The third kappa shape index (κ3) is 4.07. The maximum Gasteiger partial charge on any atom is 0.225 e. The fourth-order valence-corrected chi connectivity index (χ4v) is 0.911. The Balaban J connectivity index is 4.15. The van der Waals surface area contributed by atoms with E-state index in [9.17, 15) is 4.79 Å². The summed E-state index contributed by atoms with van der Waals surface area (Å²) in [6, 6.07) is -0.0849. The van der Waals surface area contributed by atoms with E-state index in [2.05, 4.69) is 5.32 Å². The van der Waals surface area contributed by atoms with Gasteiger partial charge in [0.2, 0.25) is 5.91 Å². The van der Waals surface area contributed by atoms with Gasteiger partial charge in [-0.3, -0.25) is 4.79 Å². The summed E-state index contributed by atoms with van der Waals surface area (Å²) < 4.78 is 4.95. The van der Waals surface area contributed by atoms with Crippen molar-refractivity contribution in [3.63, 3.8) is 0 Å². The third-order valence-electron chi connectivity index (χ3n) is 2.49. The molecule has 4 heteroatoms. The van der Waals surface area contributed by atoms with E-state index in [1.165, 1.54) is 0 Å². The van der Waals surface area contributed by atoms with Crippen LogP contribution < -0.4 is 11.1 Å². The van der Waals surface area contributed by atoms with E-state index in [4.69, 9.17) is 10.5 Å². The highest BCUT2D eigenvalue weighted by atomic mass is 16.5. The van der Waals surface area contributed by atoms with Gasteiger partial charge in [-0.1, -0.05) is 20.8 Å². The molecule has 4 nitrogen and oxygen atoms in total.